The summed E-state index contributed by atoms with van der Waals surface area (Å²) in [6, 6.07) is 3.23. The Morgan fingerprint density at radius 1 is 1.50 bits per heavy atom. The van der Waals surface area contributed by atoms with Gasteiger partial charge in [-0.15, -0.1) is 0 Å². The lowest BCUT2D eigenvalue weighted by Gasteiger charge is -2.31. The molecule has 1 aromatic rings. The Morgan fingerprint density at radius 2 is 2.28 bits per heavy atom. The monoisotopic (exact) mass is 250 g/mol. The van der Waals surface area contributed by atoms with Crippen molar-refractivity contribution >= 4 is 11.5 Å². The van der Waals surface area contributed by atoms with Gasteiger partial charge in [0.2, 0.25) is 5.82 Å². The summed E-state index contributed by atoms with van der Waals surface area (Å²) in [6.45, 7) is 0.609. The third-order valence-corrected chi connectivity index (χ3v) is 3.52. The molecule has 2 rings (SSSR count). The number of nitrogens with one attached hydrogen (secondary N) is 1. The van der Waals surface area contributed by atoms with Gasteiger partial charge in [-0.2, -0.15) is 0 Å². The largest absolute Gasteiger partial charge is 0.361 e. The van der Waals surface area contributed by atoms with Crippen molar-refractivity contribution in [1.82, 2.24) is 4.98 Å². The summed E-state index contributed by atoms with van der Waals surface area (Å²) in [5.74, 6) is 0.730. The van der Waals surface area contributed by atoms with E-state index in [-0.39, 0.29) is 11.7 Å². The van der Waals surface area contributed by atoms with Gasteiger partial charge >= 0.3 is 5.69 Å². The fourth-order valence-electron chi connectivity index (χ4n) is 2.51. The van der Waals surface area contributed by atoms with Gasteiger partial charge in [-0.25, -0.2) is 4.98 Å². The molecule has 0 aliphatic heterocycles. The maximum Gasteiger partial charge on any atom is 0.311 e. The minimum atomic E-state index is -0.407. The van der Waals surface area contributed by atoms with E-state index in [1.165, 1.54) is 12.5 Å². The van der Waals surface area contributed by atoms with Crippen LogP contribution < -0.4 is 11.1 Å². The average Bonchev–Trinajstić information content (AvgIpc) is 2.40. The minimum absolute atomic E-state index is 0.0267. The zero-order valence-corrected chi connectivity index (χ0v) is 10.2. The van der Waals surface area contributed by atoms with Gasteiger partial charge in [-0.3, -0.25) is 10.1 Å². The fourth-order valence-corrected chi connectivity index (χ4v) is 2.51. The van der Waals surface area contributed by atoms with Gasteiger partial charge in [0.05, 0.1) is 4.92 Å². The maximum absolute atomic E-state index is 10.9. The molecule has 98 valence electrons. The first kappa shape index (κ1) is 12.8. The van der Waals surface area contributed by atoms with E-state index in [1.807, 2.05) is 0 Å². The van der Waals surface area contributed by atoms with E-state index in [0.29, 0.717) is 18.3 Å². The Bertz CT molecular complexity index is 424. The lowest BCUT2D eigenvalue weighted by molar-refractivity contribution is -0.384. The number of nitrogens with two attached hydrogens (primary N) is 1. The third kappa shape index (κ3) is 2.76. The first-order valence-electron chi connectivity index (χ1n) is 6.28. The summed E-state index contributed by atoms with van der Waals surface area (Å²) in [4.78, 5) is 14.6. The van der Waals surface area contributed by atoms with E-state index < -0.39 is 4.92 Å². The first-order chi connectivity index (χ1) is 8.72. The molecule has 1 aliphatic rings. The summed E-state index contributed by atoms with van der Waals surface area (Å²) >= 11 is 0. The highest BCUT2D eigenvalue weighted by atomic mass is 16.6. The lowest BCUT2D eigenvalue weighted by Crippen LogP contribution is -2.37. The van der Waals surface area contributed by atoms with Crippen LogP contribution in [-0.4, -0.2) is 22.5 Å². The number of nitro groups is 1. The normalized spacial score (nSPS) is 23.6. The van der Waals surface area contributed by atoms with Crippen LogP contribution in [-0.2, 0) is 0 Å². The van der Waals surface area contributed by atoms with Gasteiger partial charge in [0.15, 0.2) is 0 Å². The van der Waals surface area contributed by atoms with Crippen LogP contribution in [0.3, 0.4) is 0 Å². The van der Waals surface area contributed by atoms with Gasteiger partial charge in [-0.1, -0.05) is 12.8 Å². The Hall–Kier alpha value is -1.69. The molecule has 2 unspecified atom stereocenters. The number of rotatable bonds is 4. The van der Waals surface area contributed by atoms with Crippen LogP contribution in [0.25, 0.3) is 0 Å². The Morgan fingerprint density at radius 3 is 3.00 bits per heavy atom. The van der Waals surface area contributed by atoms with Crippen LogP contribution in [0.4, 0.5) is 11.5 Å². The topological polar surface area (TPSA) is 94.1 Å². The number of anilines is 1. The van der Waals surface area contributed by atoms with E-state index in [2.05, 4.69) is 10.3 Å². The fraction of sp³-hybridized carbons (Fsp3) is 0.583. The molecule has 0 bridgehead atoms. The zero-order valence-electron chi connectivity index (χ0n) is 10.2. The lowest BCUT2D eigenvalue weighted by atomic mass is 9.84. The second-order valence-electron chi connectivity index (χ2n) is 4.66. The van der Waals surface area contributed by atoms with Crippen molar-refractivity contribution in [2.75, 3.05) is 11.9 Å². The van der Waals surface area contributed by atoms with Gasteiger partial charge in [-0.05, 0) is 31.4 Å². The number of nitrogens with zero attached hydrogens (tertiary/aromatic N) is 2. The van der Waals surface area contributed by atoms with Crippen molar-refractivity contribution in [3.63, 3.8) is 0 Å². The van der Waals surface area contributed by atoms with Crippen molar-refractivity contribution < 1.29 is 4.92 Å². The molecule has 0 spiro atoms. The highest BCUT2D eigenvalue weighted by Crippen LogP contribution is 2.29. The molecule has 1 fully saturated rings. The average molecular weight is 250 g/mol. The molecule has 2 atom stereocenters. The Balaban J connectivity index is 2.15. The second kappa shape index (κ2) is 5.77. The molecule has 1 aromatic heterocycles. The van der Waals surface area contributed by atoms with Crippen LogP contribution >= 0.6 is 0 Å². The van der Waals surface area contributed by atoms with E-state index in [4.69, 9.17) is 5.73 Å². The number of hydrogen-bond donors (Lipinski definition) is 2. The predicted octanol–water partition coefficient (Wildman–Crippen LogP) is 1.92. The Kier molecular flexibility index (Phi) is 4.09. The highest BCUT2D eigenvalue weighted by molar-refractivity contribution is 5.55. The molecule has 0 aromatic carbocycles. The van der Waals surface area contributed by atoms with Crippen LogP contribution in [0.15, 0.2) is 18.3 Å². The third-order valence-electron chi connectivity index (χ3n) is 3.52. The molecule has 6 nitrogen and oxygen atoms in total. The standard InChI is InChI=1S/C12H18N4O2/c13-8-9-4-1-2-5-10(9)15-12-11(16(17)18)6-3-7-14-12/h3,6-7,9-10H,1-2,4-5,8,13H2,(H,14,15). The molecule has 18 heavy (non-hydrogen) atoms. The summed E-state index contributed by atoms with van der Waals surface area (Å²) in [5.41, 5.74) is 5.78. The molecule has 1 heterocycles. The van der Waals surface area contributed by atoms with Crippen molar-refractivity contribution in [1.29, 1.82) is 0 Å². The second-order valence-corrected chi connectivity index (χ2v) is 4.66. The van der Waals surface area contributed by atoms with Gasteiger partial charge < -0.3 is 11.1 Å². The van der Waals surface area contributed by atoms with Gasteiger partial charge in [0.1, 0.15) is 0 Å². The van der Waals surface area contributed by atoms with Crippen LogP contribution in [0.1, 0.15) is 25.7 Å². The van der Waals surface area contributed by atoms with E-state index >= 15 is 0 Å². The summed E-state index contributed by atoms with van der Waals surface area (Å²) in [7, 11) is 0. The number of pyridine rings is 1. The number of aromatic nitrogens is 1. The molecular weight excluding hydrogens is 232 g/mol. The van der Waals surface area contributed by atoms with Crippen LogP contribution in [0.5, 0.6) is 0 Å². The zero-order chi connectivity index (χ0) is 13.0. The molecule has 6 heteroatoms. The van der Waals surface area contributed by atoms with Gasteiger partial charge in [0, 0.05) is 18.3 Å². The smallest absolute Gasteiger partial charge is 0.311 e. The van der Waals surface area contributed by atoms with Gasteiger partial charge in [0.25, 0.3) is 0 Å². The first-order valence-corrected chi connectivity index (χ1v) is 6.28. The van der Waals surface area contributed by atoms with Crippen LogP contribution in [0, 0.1) is 16.0 Å². The molecule has 3 N–H and O–H groups in total. The molecule has 0 radical (unpaired) electrons. The predicted molar refractivity (Wildman–Crippen MR) is 69.3 cm³/mol. The van der Waals surface area contributed by atoms with E-state index in [1.54, 1.807) is 12.3 Å². The van der Waals surface area contributed by atoms with E-state index in [0.717, 1.165) is 19.3 Å². The summed E-state index contributed by atoms with van der Waals surface area (Å²) in [6.07, 6.45) is 5.96. The van der Waals surface area contributed by atoms with Crippen molar-refractivity contribution in [2.24, 2.45) is 11.7 Å². The minimum Gasteiger partial charge on any atom is -0.361 e. The number of hydrogen-bond acceptors (Lipinski definition) is 5. The molecule has 1 aliphatic carbocycles. The van der Waals surface area contributed by atoms with E-state index in [9.17, 15) is 10.1 Å². The SMILES string of the molecule is NCC1CCCCC1Nc1ncccc1[N+](=O)[O-]. The van der Waals surface area contributed by atoms with Crippen molar-refractivity contribution in [2.45, 2.75) is 31.7 Å². The maximum atomic E-state index is 10.9. The Labute approximate surface area is 106 Å². The quantitative estimate of drug-likeness (QED) is 0.629. The van der Waals surface area contributed by atoms with Crippen molar-refractivity contribution in [3.05, 3.63) is 28.4 Å². The summed E-state index contributed by atoms with van der Waals surface area (Å²) in [5, 5.41) is 14.1. The molecular formula is C12H18N4O2. The molecule has 0 amide bonds. The summed E-state index contributed by atoms with van der Waals surface area (Å²) < 4.78 is 0. The molecule has 0 saturated heterocycles. The molecule has 1 saturated carbocycles. The van der Waals surface area contributed by atoms with Crippen molar-refractivity contribution in [3.8, 4) is 0 Å². The van der Waals surface area contributed by atoms with Crippen LogP contribution in [0.2, 0.25) is 0 Å². The highest BCUT2D eigenvalue weighted by Gasteiger charge is 2.26.